The zero-order valence-electron chi connectivity index (χ0n) is 10.2. The standard InChI is InChI=1S/C13H17FN2O2/c14-12-9-10(5-6-15-12)13(18)16(7-8-17)11-3-1-2-4-11/h5-6,9,11,17H,1-4,7-8H2. The Kier molecular flexibility index (Phi) is 4.25. The number of carbonyl (C=O) groups is 1. The molecule has 0 saturated heterocycles. The van der Waals surface area contributed by atoms with Crippen LogP contribution < -0.4 is 0 Å². The molecule has 1 aliphatic rings. The fraction of sp³-hybridized carbons (Fsp3) is 0.538. The monoisotopic (exact) mass is 252 g/mol. The lowest BCUT2D eigenvalue weighted by molar-refractivity contribution is 0.0637. The number of pyridine rings is 1. The molecular weight excluding hydrogens is 235 g/mol. The van der Waals surface area contributed by atoms with Gasteiger partial charge in [0.05, 0.1) is 6.61 Å². The zero-order valence-corrected chi connectivity index (χ0v) is 10.2. The van der Waals surface area contributed by atoms with E-state index in [4.69, 9.17) is 5.11 Å². The van der Waals surface area contributed by atoms with Crippen LogP contribution in [0, 0.1) is 5.95 Å². The van der Waals surface area contributed by atoms with Gasteiger partial charge in [0.15, 0.2) is 0 Å². The maximum absolute atomic E-state index is 13.0. The molecule has 4 nitrogen and oxygen atoms in total. The minimum Gasteiger partial charge on any atom is -0.395 e. The smallest absolute Gasteiger partial charge is 0.254 e. The van der Waals surface area contributed by atoms with Crippen molar-refractivity contribution in [3.63, 3.8) is 0 Å². The van der Waals surface area contributed by atoms with Gasteiger partial charge in [-0.15, -0.1) is 0 Å². The molecule has 98 valence electrons. The largest absolute Gasteiger partial charge is 0.395 e. The van der Waals surface area contributed by atoms with Crippen LogP contribution in [0.15, 0.2) is 18.3 Å². The number of aromatic nitrogens is 1. The van der Waals surface area contributed by atoms with Gasteiger partial charge in [0, 0.05) is 30.4 Å². The molecule has 1 aromatic rings. The first-order chi connectivity index (χ1) is 8.72. The molecule has 2 rings (SSSR count). The topological polar surface area (TPSA) is 53.4 Å². The molecular formula is C13H17FN2O2. The lowest BCUT2D eigenvalue weighted by Crippen LogP contribution is -2.40. The first kappa shape index (κ1) is 13.0. The molecule has 18 heavy (non-hydrogen) atoms. The van der Waals surface area contributed by atoms with Crippen LogP contribution in [-0.4, -0.2) is 40.1 Å². The summed E-state index contributed by atoms with van der Waals surface area (Å²) in [6.07, 6.45) is 5.40. The molecule has 0 radical (unpaired) electrons. The first-order valence-electron chi connectivity index (χ1n) is 6.26. The van der Waals surface area contributed by atoms with Crippen molar-refractivity contribution >= 4 is 5.91 Å². The van der Waals surface area contributed by atoms with Gasteiger partial charge in [-0.3, -0.25) is 4.79 Å². The molecule has 0 bridgehead atoms. The van der Waals surface area contributed by atoms with E-state index in [1.807, 2.05) is 0 Å². The number of amides is 1. The van der Waals surface area contributed by atoms with E-state index >= 15 is 0 Å². The van der Waals surface area contributed by atoms with Gasteiger partial charge in [-0.2, -0.15) is 4.39 Å². The predicted octanol–water partition coefficient (Wildman–Crippen LogP) is 1.60. The van der Waals surface area contributed by atoms with E-state index in [0.717, 1.165) is 31.7 Å². The Morgan fingerprint density at radius 2 is 2.22 bits per heavy atom. The summed E-state index contributed by atoms with van der Waals surface area (Å²) in [7, 11) is 0. The minimum atomic E-state index is -0.656. The zero-order chi connectivity index (χ0) is 13.0. The highest BCUT2D eigenvalue weighted by Gasteiger charge is 2.27. The number of aliphatic hydroxyl groups is 1. The average molecular weight is 252 g/mol. The fourth-order valence-electron chi connectivity index (χ4n) is 2.47. The van der Waals surface area contributed by atoms with E-state index in [0.29, 0.717) is 12.1 Å². The van der Waals surface area contributed by atoms with Gasteiger partial charge in [-0.25, -0.2) is 4.98 Å². The number of halogens is 1. The Labute approximate surface area is 105 Å². The van der Waals surface area contributed by atoms with E-state index in [9.17, 15) is 9.18 Å². The van der Waals surface area contributed by atoms with Crippen LogP contribution in [0.4, 0.5) is 4.39 Å². The van der Waals surface area contributed by atoms with Gasteiger partial charge in [0.1, 0.15) is 0 Å². The molecule has 1 N–H and O–H groups in total. The van der Waals surface area contributed by atoms with Crippen molar-refractivity contribution < 1.29 is 14.3 Å². The van der Waals surface area contributed by atoms with Crippen molar-refractivity contribution in [2.45, 2.75) is 31.7 Å². The number of nitrogens with zero attached hydrogens (tertiary/aromatic N) is 2. The van der Waals surface area contributed by atoms with Gasteiger partial charge in [0.2, 0.25) is 5.95 Å². The van der Waals surface area contributed by atoms with Crippen LogP contribution in [0.25, 0.3) is 0 Å². The van der Waals surface area contributed by atoms with Gasteiger partial charge >= 0.3 is 0 Å². The van der Waals surface area contributed by atoms with Crippen molar-refractivity contribution in [2.24, 2.45) is 0 Å². The van der Waals surface area contributed by atoms with E-state index in [1.54, 1.807) is 4.90 Å². The highest BCUT2D eigenvalue weighted by atomic mass is 19.1. The van der Waals surface area contributed by atoms with Crippen LogP contribution >= 0.6 is 0 Å². The Bertz CT molecular complexity index is 419. The summed E-state index contributed by atoms with van der Waals surface area (Å²) in [4.78, 5) is 17.4. The van der Waals surface area contributed by atoms with Crippen molar-refractivity contribution in [1.82, 2.24) is 9.88 Å². The van der Waals surface area contributed by atoms with Gasteiger partial charge in [0.25, 0.3) is 5.91 Å². The van der Waals surface area contributed by atoms with Gasteiger partial charge < -0.3 is 10.0 Å². The normalized spacial score (nSPS) is 15.9. The molecule has 0 spiro atoms. The summed E-state index contributed by atoms with van der Waals surface area (Å²) in [5, 5.41) is 9.07. The van der Waals surface area contributed by atoms with E-state index < -0.39 is 5.95 Å². The number of rotatable bonds is 4. The Hall–Kier alpha value is -1.49. The second-order valence-electron chi connectivity index (χ2n) is 4.53. The summed E-state index contributed by atoms with van der Waals surface area (Å²) >= 11 is 0. The summed E-state index contributed by atoms with van der Waals surface area (Å²) in [6, 6.07) is 2.81. The SMILES string of the molecule is O=C(c1ccnc(F)c1)N(CCO)C1CCCC1. The number of hydrogen-bond donors (Lipinski definition) is 1. The summed E-state index contributed by atoms with van der Waals surface area (Å²) in [5.74, 6) is -0.881. The number of carbonyl (C=O) groups excluding carboxylic acids is 1. The Balaban J connectivity index is 2.17. The van der Waals surface area contributed by atoms with Gasteiger partial charge in [-0.1, -0.05) is 12.8 Å². The second kappa shape index (κ2) is 5.91. The molecule has 1 heterocycles. The fourth-order valence-corrected chi connectivity index (χ4v) is 2.47. The van der Waals surface area contributed by atoms with E-state index in [1.165, 1.54) is 12.3 Å². The van der Waals surface area contributed by atoms with Crippen molar-refractivity contribution in [3.05, 3.63) is 29.8 Å². The molecule has 0 aromatic carbocycles. The summed E-state index contributed by atoms with van der Waals surface area (Å²) in [5.41, 5.74) is 0.294. The van der Waals surface area contributed by atoms with Crippen LogP contribution in [-0.2, 0) is 0 Å². The lowest BCUT2D eigenvalue weighted by atomic mass is 10.1. The quantitative estimate of drug-likeness (QED) is 0.828. The van der Waals surface area contributed by atoms with Gasteiger partial charge in [-0.05, 0) is 18.9 Å². The third-order valence-corrected chi connectivity index (χ3v) is 3.34. The Morgan fingerprint density at radius 3 is 2.83 bits per heavy atom. The Morgan fingerprint density at radius 1 is 1.50 bits per heavy atom. The van der Waals surface area contributed by atoms with Crippen LogP contribution in [0.3, 0.4) is 0 Å². The number of hydrogen-bond acceptors (Lipinski definition) is 3. The lowest BCUT2D eigenvalue weighted by Gasteiger charge is -2.28. The van der Waals surface area contributed by atoms with Crippen LogP contribution in [0.1, 0.15) is 36.0 Å². The minimum absolute atomic E-state index is 0.0736. The molecule has 1 fully saturated rings. The first-order valence-corrected chi connectivity index (χ1v) is 6.26. The summed E-state index contributed by atoms with van der Waals surface area (Å²) in [6.45, 7) is 0.225. The molecule has 0 atom stereocenters. The predicted molar refractivity (Wildman–Crippen MR) is 64.6 cm³/mol. The third kappa shape index (κ3) is 2.85. The molecule has 5 heteroatoms. The molecule has 1 aromatic heterocycles. The van der Waals surface area contributed by atoms with Crippen LogP contribution in [0.2, 0.25) is 0 Å². The average Bonchev–Trinajstić information content (AvgIpc) is 2.89. The van der Waals surface area contributed by atoms with Crippen molar-refractivity contribution in [2.75, 3.05) is 13.2 Å². The molecule has 1 amide bonds. The van der Waals surface area contributed by atoms with Crippen LogP contribution in [0.5, 0.6) is 0 Å². The maximum atomic E-state index is 13.0. The second-order valence-corrected chi connectivity index (χ2v) is 4.53. The molecule has 1 saturated carbocycles. The molecule has 0 unspecified atom stereocenters. The van der Waals surface area contributed by atoms with Crippen molar-refractivity contribution in [3.8, 4) is 0 Å². The molecule has 1 aliphatic carbocycles. The highest BCUT2D eigenvalue weighted by molar-refractivity contribution is 5.94. The maximum Gasteiger partial charge on any atom is 0.254 e. The highest BCUT2D eigenvalue weighted by Crippen LogP contribution is 2.24. The number of aliphatic hydroxyl groups excluding tert-OH is 1. The van der Waals surface area contributed by atoms with Crippen molar-refractivity contribution in [1.29, 1.82) is 0 Å². The third-order valence-electron chi connectivity index (χ3n) is 3.34. The van der Waals surface area contributed by atoms with E-state index in [2.05, 4.69) is 4.98 Å². The van der Waals surface area contributed by atoms with E-state index in [-0.39, 0.29) is 18.6 Å². The summed E-state index contributed by atoms with van der Waals surface area (Å²) < 4.78 is 13.0. The molecule has 0 aliphatic heterocycles.